The summed E-state index contributed by atoms with van der Waals surface area (Å²) in [6.45, 7) is 2.71. The Bertz CT molecular complexity index is 816. The highest BCUT2D eigenvalue weighted by atomic mass is 35.5. The van der Waals surface area contributed by atoms with Crippen molar-refractivity contribution in [2.24, 2.45) is 0 Å². The molecule has 0 saturated carbocycles. The summed E-state index contributed by atoms with van der Waals surface area (Å²) in [6, 6.07) is 9.69. The van der Waals surface area contributed by atoms with E-state index in [-0.39, 0.29) is 10.6 Å². The number of carbonyl (C=O) groups excluding carboxylic acids is 1. The van der Waals surface area contributed by atoms with Crippen LogP contribution in [0.2, 0.25) is 10.0 Å². The lowest BCUT2D eigenvalue weighted by molar-refractivity contribution is -0.111. The Morgan fingerprint density at radius 3 is 2.69 bits per heavy atom. The second-order valence-electron chi connectivity index (χ2n) is 5.72. The Balaban J connectivity index is 1.78. The molecule has 3 rings (SSSR count). The molecule has 0 unspecified atom stereocenters. The van der Waals surface area contributed by atoms with Gasteiger partial charge in [-0.1, -0.05) is 29.3 Å². The SMILES string of the molecule is O=C(/C=C/c1c(F)cccc1Cl)Nc1cc(Cl)ccc1N1CCOCC1. The zero-order valence-electron chi connectivity index (χ0n) is 13.8. The fourth-order valence-corrected chi connectivity index (χ4v) is 3.09. The van der Waals surface area contributed by atoms with E-state index in [2.05, 4.69) is 10.2 Å². The number of amides is 1. The molecule has 0 bridgehead atoms. The molecule has 0 atom stereocenters. The Kier molecular flexibility index (Phi) is 6.14. The van der Waals surface area contributed by atoms with Crippen LogP contribution in [0.1, 0.15) is 5.56 Å². The molecule has 2 aromatic carbocycles. The van der Waals surface area contributed by atoms with Crippen molar-refractivity contribution in [1.82, 2.24) is 0 Å². The summed E-state index contributed by atoms with van der Waals surface area (Å²) in [7, 11) is 0. The lowest BCUT2D eigenvalue weighted by Crippen LogP contribution is -2.36. The van der Waals surface area contributed by atoms with Crippen LogP contribution in [-0.4, -0.2) is 32.2 Å². The lowest BCUT2D eigenvalue weighted by atomic mass is 10.2. The fraction of sp³-hybridized carbons (Fsp3) is 0.211. The van der Waals surface area contributed by atoms with Crippen molar-refractivity contribution in [3.05, 3.63) is 63.9 Å². The maximum Gasteiger partial charge on any atom is 0.248 e. The molecular formula is C19H17Cl2FN2O2. The highest BCUT2D eigenvalue weighted by Gasteiger charge is 2.16. The molecule has 0 radical (unpaired) electrons. The van der Waals surface area contributed by atoms with Crippen molar-refractivity contribution in [3.63, 3.8) is 0 Å². The smallest absolute Gasteiger partial charge is 0.248 e. The minimum Gasteiger partial charge on any atom is -0.378 e. The van der Waals surface area contributed by atoms with Crippen molar-refractivity contribution >= 4 is 46.6 Å². The van der Waals surface area contributed by atoms with Gasteiger partial charge in [0, 0.05) is 29.8 Å². The summed E-state index contributed by atoms with van der Waals surface area (Å²) in [4.78, 5) is 14.4. The highest BCUT2D eigenvalue weighted by molar-refractivity contribution is 6.32. The molecule has 1 N–H and O–H groups in total. The molecule has 0 aliphatic carbocycles. The summed E-state index contributed by atoms with van der Waals surface area (Å²) < 4.78 is 19.1. The quantitative estimate of drug-likeness (QED) is 0.769. The van der Waals surface area contributed by atoms with Crippen LogP contribution in [0.25, 0.3) is 6.08 Å². The summed E-state index contributed by atoms with van der Waals surface area (Å²) in [6.07, 6.45) is 2.60. The number of morpholine rings is 1. The number of rotatable bonds is 4. The average molecular weight is 395 g/mol. The monoisotopic (exact) mass is 394 g/mol. The number of carbonyl (C=O) groups is 1. The van der Waals surface area contributed by atoms with Gasteiger partial charge < -0.3 is 15.0 Å². The fourth-order valence-electron chi connectivity index (χ4n) is 2.69. The van der Waals surface area contributed by atoms with Crippen molar-refractivity contribution in [1.29, 1.82) is 0 Å². The number of benzene rings is 2. The first kappa shape index (κ1) is 18.7. The predicted octanol–water partition coefficient (Wildman–Crippen LogP) is 4.62. The zero-order chi connectivity index (χ0) is 18.5. The van der Waals surface area contributed by atoms with E-state index >= 15 is 0 Å². The van der Waals surface area contributed by atoms with Crippen LogP contribution >= 0.6 is 23.2 Å². The number of hydrogen-bond donors (Lipinski definition) is 1. The van der Waals surface area contributed by atoms with Crippen LogP contribution in [-0.2, 0) is 9.53 Å². The van der Waals surface area contributed by atoms with E-state index in [4.69, 9.17) is 27.9 Å². The lowest BCUT2D eigenvalue weighted by Gasteiger charge is -2.30. The van der Waals surface area contributed by atoms with Crippen LogP contribution < -0.4 is 10.2 Å². The van der Waals surface area contributed by atoms with Gasteiger partial charge in [-0.3, -0.25) is 4.79 Å². The van der Waals surface area contributed by atoms with E-state index in [1.807, 2.05) is 6.07 Å². The molecule has 1 amide bonds. The van der Waals surface area contributed by atoms with Gasteiger partial charge in [-0.2, -0.15) is 0 Å². The van der Waals surface area contributed by atoms with Gasteiger partial charge in [0.25, 0.3) is 0 Å². The number of hydrogen-bond acceptors (Lipinski definition) is 3. The van der Waals surface area contributed by atoms with Crippen LogP contribution in [0.3, 0.4) is 0 Å². The molecule has 26 heavy (non-hydrogen) atoms. The molecule has 4 nitrogen and oxygen atoms in total. The summed E-state index contributed by atoms with van der Waals surface area (Å²) in [5.41, 5.74) is 1.63. The maximum absolute atomic E-state index is 13.8. The number of ether oxygens (including phenoxy) is 1. The highest BCUT2D eigenvalue weighted by Crippen LogP contribution is 2.30. The molecule has 1 heterocycles. The first-order valence-electron chi connectivity index (χ1n) is 8.10. The van der Waals surface area contributed by atoms with E-state index in [0.717, 1.165) is 18.8 Å². The maximum atomic E-state index is 13.8. The number of nitrogens with one attached hydrogen (secondary N) is 1. The molecule has 1 aliphatic heterocycles. The van der Waals surface area contributed by atoms with Gasteiger partial charge in [0.05, 0.1) is 29.6 Å². The standard InChI is InChI=1S/C19H17Cl2FN2O2/c20-13-4-6-18(24-8-10-26-11-9-24)17(12-13)23-19(25)7-5-14-15(21)2-1-3-16(14)22/h1-7,12H,8-11H2,(H,23,25)/b7-5+. The van der Waals surface area contributed by atoms with E-state index < -0.39 is 11.7 Å². The Morgan fingerprint density at radius 1 is 1.19 bits per heavy atom. The van der Waals surface area contributed by atoms with Gasteiger partial charge in [0.15, 0.2) is 0 Å². The van der Waals surface area contributed by atoms with Crippen LogP contribution in [0.15, 0.2) is 42.5 Å². The summed E-state index contributed by atoms with van der Waals surface area (Å²) in [5, 5.41) is 3.55. The number of anilines is 2. The molecule has 1 aliphatic rings. The van der Waals surface area contributed by atoms with Crippen molar-refractivity contribution in [3.8, 4) is 0 Å². The molecule has 0 spiro atoms. The van der Waals surface area contributed by atoms with Gasteiger partial charge in [-0.15, -0.1) is 0 Å². The van der Waals surface area contributed by atoms with Crippen LogP contribution in [0.5, 0.6) is 0 Å². The van der Waals surface area contributed by atoms with Crippen LogP contribution in [0.4, 0.5) is 15.8 Å². The molecule has 7 heteroatoms. The topological polar surface area (TPSA) is 41.6 Å². The first-order valence-corrected chi connectivity index (χ1v) is 8.85. The Hall–Kier alpha value is -2.08. The third kappa shape index (κ3) is 4.55. The third-order valence-electron chi connectivity index (χ3n) is 3.97. The van der Waals surface area contributed by atoms with Crippen molar-refractivity contribution in [2.45, 2.75) is 0 Å². The normalized spacial score (nSPS) is 14.7. The summed E-state index contributed by atoms with van der Waals surface area (Å²) in [5.74, 6) is -0.889. The van der Waals surface area contributed by atoms with E-state index in [9.17, 15) is 9.18 Å². The second kappa shape index (κ2) is 8.54. The first-order chi connectivity index (χ1) is 12.5. The number of nitrogens with zero attached hydrogens (tertiary/aromatic N) is 1. The Labute approximate surface area is 161 Å². The molecule has 136 valence electrons. The van der Waals surface area contributed by atoms with E-state index in [0.29, 0.717) is 23.9 Å². The van der Waals surface area contributed by atoms with E-state index in [1.54, 1.807) is 18.2 Å². The average Bonchev–Trinajstić information content (AvgIpc) is 2.62. The summed E-state index contributed by atoms with van der Waals surface area (Å²) >= 11 is 12.0. The van der Waals surface area contributed by atoms with Gasteiger partial charge in [-0.25, -0.2) is 4.39 Å². The molecular weight excluding hydrogens is 378 g/mol. The van der Waals surface area contributed by atoms with Crippen molar-refractivity contribution in [2.75, 3.05) is 36.5 Å². The van der Waals surface area contributed by atoms with Gasteiger partial charge in [0.1, 0.15) is 5.82 Å². The Morgan fingerprint density at radius 2 is 1.96 bits per heavy atom. The molecule has 2 aromatic rings. The zero-order valence-corrected chi connectivity index (χ0v) is 15.4. The largest absolute Gasteiger partial charge is 0.378 e. The van der Waals surface area contributed by atoms with Crippen molar-refractivity contribution < 1.29 is 13.9 Å². The minimum atomic E-state index is -0.488. The third-order valence-corrected chi connectivity index (χ3v) is 4.53. The van der Waals surface area contributed by atoms with E-state index in [1.165, 1.54) is 24.3 Å². The molecule has 1 fully saturated rings. The second-order valence-corrected chi connectivity index (χ2v) is 6.56. The molecule has 0 aromatic heterocycles. The van der Waals surface area contributed by atoms with Gasteiger partial charge >= 0.3 is 0 Å². The van der Waals surface area contributed by atoms with Gasteiger partial charge in [0.2, 0.25) is 5.91 Å². The predicted molar refractivity (Wildman–Crippen MR) is 104 cm³/mol. The minimum absolute atomic E-state index is 0.170. The number of halogens is 3. The van der Waals surface area contributed by atoms with Crippen LogP contribution in [0, 0.1) is 5.82 Å². The van der Waals surface area contributed by atoms with Gasteiger partial charge in [-0.05, 0) is 36.4 Å². The molecule has 1 saturated heterocycles.